The Morgan fingerprint density at radius 2 is 1.70 bits per heavy atom. The fraction of sp³-hybridized carbons (Fsp3) is 0.381. The maximum Gasteiger partial charge on any atom is 0.191 e. The van der Waals surface area contributed by atoms with Gasteiger partial charge in [-0.3, -0.25) is 4.99 Å². The lowest BCUT2D eigenvalue weighted by Gasteiger charge is -2.14. The van der Waals surface area contributed by atoms with Crippen molar-refractivity contribution in [1.29, 1.82) is 0 Å². The third-order valence-corrected chi connectivity index (χ3v) is 3.90. The van der Waals surface area contributed by atoms with Gasteiger partial charge in [-0.25, -0.2) is 0 Å². The number of rotatable bonds is 9. The second kappa shape index (κ2) is 11.1. The van der Waals surface area contributed by atoms with E-state index in [4.69, 9.17) is 9.47 Å². The summed E-state index contributed by atoms with van der Waals surface area (Å²) in [6.45, 7) is 2.86. The zero-order valence-electron chi connectivity index (χ0n) is 16.7. The van der Waals surface area contributed by atoms with E-state index in [1.165, 1.54) is 11.1 Å². The highest BCUT2D eigenvalue weighted by Gasteiger charge is 2.01. The van der Waals surface area contributed by atoms with Crippen LogP contribution in [0.5, 0.6) is 11.5 Å². The summed E-state index contributed by atoms with van der Waals surface area (Å²) in [4.78, 5) is 6.42. The molecule has 2 rings (SSSR count). The highest BCUT2D eigenvalue weighted by Crippen LogP contribution is 2.16. The number of methoxy groups -OCH3 is 1. The summed E-state index contributed by atoms with van der Waals surface area (Å²) >= 11 is 0. The minimum atomic E-state index is 0.547. The number of ether oxygens (including phenoxy) is 2. The van der Waals surface area contributed by atoms with Gasteiger partial charge in [-0.1, -0.05) is 24.3 Å². The second-order valence-electron chi connectivity index (χ2n) is 6.43. The van der Waals surface area contributed by atoms with Gasteiger partial charge in [-0.15, -0.1) is 0 Å². The van der Waals surface area contributed by atoms with Crippen LogP contribution in [0.1, 0.15) is 11.1 Å². The van der Waals surface area contributed by atoms with Crippen molar-refractivity contribution in [3.63, 3.8) is 0 Å². The summed E-state index contributed by atoms with van der Waals surface area (Å²) in [5, 5.41) is 6.59. The minimum absolute atomic E-state index is 0.547. The van der Waals surface area contributed by atoms with Gasteiger partial charge in [0.25, 0.3) is 0 Å². The smallest absolute Gasteiger partial charge is 0.191 e. The number of aliphatic imine (C=N–C) groups is 1. The van der Waals surface area contributed by atoms with Gasteiger partial charge in [0.1, 0.15) is 18.1 Å². The van der Waals surface area contributed by atoms with Crippen LogP contribution in [0.2, 0.25) is 0 Å². The van der Waals surface area contributed by atoms with Gasteiger partial charge in [-0.2, -0.15) is 0 Å². The SMILES string of the molecule is CN=C(NCCOc1ccc(OC)cc1)NCc1cccc(CN(C)C)c1. The molecule has 0 atom stereocenters. The van der Waals surface area contributed by atoms with Crippen molar-refractivity contribution in [2.45, 2.75) is 13.1 Å². The standard InChI is InChI=1S/C21H30N4O2/c1-22-21(23-12-13-27-20-10-8-19(26-4)9-11-20)24-15-17-6-5-7-18(14-17)16-25(2)3/h5-11,14H,12-13,15-16H2,1-4H3,(H2,22,23,24). The molecule has 0 saturated carbocycles. The molecule has 0 radical (unpaired) electrons. The molecular formula is C21H30N4O2. The van der Waals surface area contributed by atoms with Crippen LogP contribution in [0.15, 0.2) is 53.5 Å². The van der Waals surface area contributed by atoms with E-state index in [0.29, 0.717) is 13.2 Å². The summed E-state index contributed by atoms with van der Waals surface area (Å²) in [6, 6.07) is 16.1. The van der Waals surface area contributed by atoms with Gasteiger partial charge >= 0.3 is 0 Å². The second-order valence-corrected chi connectivity index (χ2v) is 6.43. The molecule has 27 heavy (non-hydrogen) atoms. The van der Waals surface area contributed by atoms with Crippen LogP contribution in [0, 0.1) is 0 Å². The monoisotopic (exact) mass is 370 g/mol. The first kappa shape index (κ1) is 20.6. The van der Waals surface area contributed by atoms with E-state index in [1.54, 1.807) is 14.2 Å². The quantitative estimate of drug-likeness (QED) is 0.404. The fourth-order valence-corrected chi connectivity index (χ4v) is 2.62. The molecule has 0 bridgehead atoms. The molecular weight excluding hydrogens is 340 g/mol. The van der Waals surface area contributed by atoms with E-state index in [-0.39, 0.29) is 0 Å². The van der Waals surface area contributed by atoms with Gasteiger partial charge in [0, 0.05) is 20.1 Å². The predicted octanol–water partition coefficient (Wildman–Crippen LogP) is 2.50. The van der Waals surface area contributed by atoms with Crippen molar-refractivity contribution in [3.8, 4) is 11.5 Å². The van der Waals surface area contributed by atoms with E-state index in [2.05, 4.69) is 58.9 Å². The number of benzene rings is 2. The summed E-state index contributed by atoms with van der Waals surface area (Å²) in [5.74, 6) is 2.39. The first-order valence-electron chi connectivity index (χ1n) is 9.04. The van der Waals surface area contributed by atoms with Crippen LogP contribution < -0.4 is 20.1 Å². The summed E-state index contributed by atoms with van der Waals surface area (Å²) < 4.78 is 10.8. The molecule has 0 spiro atoms. The lowest BCUT2D eigenvalue weighted by Crippen LogP contribution is -2.38. The minimum Gasteiger partial charge on any atom is -0.497 e. The molecule has 0 fully saturated rings. The van der Waals surface area contributed by atoms with Crippen molar-refractivity contribution < 1.29 is 9.47 Å². The maximum atomic E-state index is 5.71. The molecule has 6 heteroatoms. The molecule has 0 aliphatic carbocycles. The predicted molar refractivity (Wildman–Crippen MR) is 111 cm³/mol. The summed E-state index contributed by atoms with van der Waals surface area (Å²) in [5.41, 5.74) is 2.53. The van der Waals surface area contributed by atoms with E-state index in [9.17, 15) is 0 Å². The molecule has 0 aromatic heterocycles. The van der Waals surface area contributed by atoms with Crippen molar-refractivity contribution in [1.82, 2.24) is 15.5 Å². The molecule has 2 N–H and O–H groups in total. The number of hydrogen-bond acceptors (Lipinski definition) is 4. The van der Waals surface area contributed by atoms with Crippen LogP contribution in [-0.2, 0) is 13.1 Å². The highest BCUT2D eigenvalue weighted by molar-refractivity contribution is 5.79. The number of nitrogens with zero attached hydrogens (tertiary/aromatic N) is 2. The molecule has 2 aromatic carbocycles. The average molecular weight is 370 g/mol. The van der Waals surface area contributed by atoms with Crippen molar-refractivity contribution in [2.75, 3.05) is 41.4 Å². The lowest BCUT2D eigenvalue weighted by atomic mass is 10.1. The highest BCUT2D eigenvalue weighted by atomic mass is 16.5. The Bertz CT molecular complexity index is 714. The Hall–Kier alpha value is -2.73. The van der Waals surface area contributed by atoms with Gasteiger partial charge in [-0.05, 0) is 49.5 Å². The first-order chi connectivity index (χ1) is 13.1. The molecule has 0 amide bonds. The van der Waals surface area contributed by atoms with Gasteiger partial charge in [0.05, 0.1) is 13.7 Å². The zero-order valence-corrected chi connectivity index (χ0v) is 16.7. The Labute approximate surface area is 162 Å². The van der Waals surface area contributed by atoms with Crippen LogP contribution in [0.25, 0.3) is 0 Å². The number of nitrogens with one attached hydrogen (secondary N) is 2. The number of hydrogen-bond donors (Lipinski definition) is 2. The summed E-state index contributed by atoms with van der Waals surface area (Å²) in [7, 11) is 7.56. The van der Waals surface area contributed by atoms with Crippen LogP contribution in [-0.4, -0.2) is 52.3 Å². The third-order valence-electron chi connectivity index (χ3n) is 3.90. The van der Waals surface area contributed by atoms with Gasteiger partial charge in [0.2, 0.25) is 0 Å². The van der Waals surface area contributed by atoms with E-state index >= 15 is 0 Å². The molecule has 0 saturated heterocycles. The third kappa shape index (κ3) is 7.58. The summed E-state index contributed by atoms with van der Waals surface area (Å²) in [6.07, 6.45) is 0. The normalized spacial score (nSPS) is 11.4. The van der Waals surface area contributed by atoms with Crippen LogP contribution >= 0.6 is 0 Å². The Morgan fingerprint density at radius 1 is 1.00 bits per heavy atom. The number of guanidine groups is 1. The van der Waals surface area contributed by atoms with E-state index in [1.807, 2.05) is 24.3 Å². The van der Waals surface area contributed by atoms with E-state index < -0.39 is 0 Å². The fourth-order valence-electron chi connectivity index (χ4n) is 2.62. The molecule has 2 aromatic rings. The Kier molecular flexibility index (Phi) is 8.45. The van der Waals surface area contributed by atoms with Crippen molar-refractivity contribution in [3.05, 3.63) is 59.7 Å². The molecule has 0 heterocycles. The van der Waals surface area contributed by atoms with Crippen molar-refractivity contribution in [2.24, 2.45) is 4.99 Å². The Balaban J connectivity index is 1.72. The van der Waals surface area contributed by atoms with Gasteiger partial charge in [0.15, 0.2) is 5.96 Å². The topological polar surface area (TPSA) is 58.1 Å². The Morgan fingerprint density at radius 3 is 2.37 bits per heavy atom. The molecule has 0 aliphatic rings. The van der Waals surface area contributed by atoms with Crippen molar-refractivity contribution >= 4 is 5.96 Å². The van der Waals surface area contributed by atoms with Gasteiger partial charge < -0.3 is 25.0 Å². The largest absolute Gasteiger partial charge is 0.497 e. The van der Waals surface area contributed by atoms with E-state index in [0.717, 1.165) is 30.5 Å². The molecule has 146 valence electrons. The molecule has 0 unspecified atom stereocenters. The van der Waals surface area contributed by atoms with Crippen LogP contribution in [0.4, 0.5) is 0 Å². The molecule has 0 aliphatic heterocycles. The van der Waals surface area contributed by atoms with Crippen LogP contribution in [0.3, 0.4) is 0 Å². The molecule has 6 nitrogen and oxygen atoms in total. The first-order valence-corrected chi connectivity index (χ1v) is 9.04. The lowest BCUT2D eigenvalue weighted by molar-refractivity contribution is 0.321. The average Bonchev–Trinajstić information content (AvgIpc) is 2.67. The maximum absolute atomic E-state index is 5.71. The zero-order chi connectivity index (χ0) is 19.5.